The van der Waals surface area contributed by atoms with Gasteiger partial charge < -0.3 is 14.7 Å². The fourth-order valence-corrected chi connectivity index (χ4v) is 2.96. The van der Waals surface area contributed by atoms with E-state index in [0.29, 0.717) is 10.7 Å². The van der Waals surface area contributed by atoms with E-state index in [1.807, 2.05) is 6.20 Å². The van der Waals surface area contributed by atoms with E-state index in [0.717, 1.165) is 18.6 Å². The molecule has 0 amide bonds. The summed E-state index contributed by atoms with van der Waals surface area (Å²) < 4.78 is 5.98. The Morgan fingerprint density at radius 2 is 2.33 bits per heavy atom. The van der Waals surface area contributed by atoms with Gasteiger partial charge in [-0.15, -0.1) is 0 Å². The standard InChI is InChI=1S/C14H16N2OS/c1-17-12-4-5-13-9(2-3-10(13)7-12)6-11-8-15-14(18)16-11/h4-5,7-9H,2-3,6H2,1H3,(H2,15,16,18). The minimum absolute atomic E-state index is 0.590. The van der Waals surface area contributed by atoms with Gasteiger partial charge in [0.05, 0.1) is 7.11 Å². The number of methoxy groups -OCH3 is 1. The maximum atomic E-state index is 5.27. The van der Waals surface area contributed by atoms with E-state index < -0.39 is 0 Å². The van der Waals surface area contributed by atoms with E-state index in [1.54, 1.807) is 7.11 Å². The highest BCUT2D eigenvalue weighted by Gasteiger charge is 2.23. The Labute approximate surface area is 111 Å². The van der Waals surface area contributed by atoms with Gasteiger partial charge in [0.15, 0.2) is 4.77 Å². The number of aryl methyl sites for hydroxylation is 1. The predicted molar refractivity (Wildman–Crippen MR) is 73.7 cm³/mol. The lowest BCUT2D eigenvalue weighted by Gasteiger charge is -2.10. The third kappa shape index (κ3) is 2.08. The van der Waals surface area contributed by atoms with Gasteiger partial charge in [0.1, 0.15) is 5.75 Å². The zero-order chi connectivity index (χ0) is 12.5. The maximum Gasteiger partial charge on any atom is 0.174 e. The average Bonchev–Trinajstić information content (AvgIpc) is 2.96. The van der Waals surface area contributed by atoms with Crippen molar-refractivity contribution in [2.24, 2.45) is 0 Å². The number of aromatic amines is 2. The molecule has 0 bridgehead atoms. The second-order valence-electron chi connectivity index (χ2n) is 4.77. The number of H-pyrrole nitrogens is 2. The first-order valence-electron chi connectivity index (χ1n) is 6.19. The quantitative estimate of drug-likeness (QED) is 0.831. The Balaban J connectivity index is 1.84. The van der Waals surface area contributed by atoms with E-state index in [4.69, 9.17) is 17.0 Å². The van der Waals surface area contributed by atoms with E-state index in [1.165, 1.54) is 23.2 Å². The van der Waals surface area contributed by atoms with Crippen LogP contribution >= 0.6 is 12.2 Å². The fourth-order valence-electron chi connectivity index (χ4n) is 2.77. The minimum Gasteiger partial charge on any atom is -0.497 e. The molecule has 0 radical (unpaired) electrons. The van der Waals surface area contributed by atoms with Crippen LogP contribution in [0.2, 0.25) is 0 Å². The van der Waals surface area contributed by atoms with Crippen LogP contribution in [0.4, 0.5) is 0 Å². The molecule has 3 rings (SSSR count). The Hall–Kier alpha value is -1.55. The Morgan fingerprint density at radius 3 is 3.06 bits per heavy atom. The summed E-state index contributed by atoms with van der Waals surface area (Å²) >= 11 is 5.06. The van der Waals surface area contributed by atoms with Crippen molar-refractivity contribution in [3.8, 4) is 5.75 Å². The van der Waals surface area contributed by atoms with Gasteiger partial charge in [0.25, 0.3) is 0 Å². The van der Waals surface area contributed by atoms with Crippen LogP contribution in [-0.4, -0.2) is 17.1 Å². The van der Waals surface area contributed by atoms with Crippen molar-refractivity contribution in [1.29, 1.82) is 0 Å². The molecule has 0 aliphatic heterocycles. The topological polar surface area (TPSA) is 40.8 Å². The largest absolute Gasteiger partial charge is 0.497 e. The van der Waals surface area contributed by atoms with Gasteiger partial charge in [-0.1, -0.05) is 6.07 Å². The lowest BCUT2D eigenvalue weighted by Crippen LogP contribution is -1.99. The Kier molecular flexibility index (Phi) is 2.96. The highest BCUT2D eigenvalue weighted by Crippen LogP contribution is 2.36. The van der Waals surface area contributed by atoms with Crippen molar-refractivity contribution in [2.75, 3.05) is 7.11 Å². The highest BCUT2D eigenvalue weighted by molar-refractivity contribution is 7.71. The lowest BCUT2D eigenvalue weighted by molar-refractivity contribution is 0.414. The van der Waals surface area contributed by atoms with Crippen LogP contribution in [0.5, 0.6) is 5.75 Å². The molecule has 2 N–H and O–H groups in total. The number of fused-ring (bicyclic) bond motifs is 1. The molecule has 0 fully saturated rings. The molecule has 18 heavy (non-hydrogen) atoms. The summed E-state index contributed by atoms with van der Waals surface area (Å²) in [7, 11) is 1.72. The van der Waals surface area contributed by atoms with Crippen LogP contribution in [0, 0.1) is 4.77 Å². The number of aromatic nitrogens is 2. The number of nitrogens with one attached hydrogen (secondary N) is 2. The van der Waals surface area contributed by atoms with Crippen molar-refractivity contribution < 1.29 is 4.74 Å². The molecule has 2 aromatic rings. The zero-order valence-corrected chi connectivity index (χ0v) is 11.1. The Bertz CT molecular complexity index is 614. The van der Waals surface area contributed by atoms with E-state index in [-0.39, 0.29) is 0 Å². The summed E-state index contributed by atoms with van der Waals surface area (Å²) in [6.07, 6.45) is 5.34. The van der Waals surface area contributed by atoms with Crippen LogP contribution in [0.3, 0.4) is 0 Å². The minimum atomic E-state index is 0.590. The number of rotatable bonds is 3. The molecule has 1 atom stereocenters. The van der Waals surface area contributed by atoms with Crippen molar-refractivity contribution in [3.05, 3.63) is 46.0 Å². The van der Waals surface area contributed by atoms with Crippen molar-refractivity contribution in [1.82, 2.24) is 9.97 Å². The van der Waals surface area contributed by atoms with Gasteiger partial charge in [-0.25, -0.2) is 0 Å². The number of ether oxygens (including phenoxy) is 1. The molecule has 1 aliphatic rings. The van der Waals surface area contributed by atoms with E-state index in [2.05, 4.69) is 28.2 Å². The molecule has 3 nitrogen and oxygen atoms in total. The molecular weight excluding hydrogens is 244 g/mol. The normalized spacial score (nSPS) is 17.7. The molecular formula is C14H16N2OS. The zero-order valence-electron chi connectivity index (χ0n) is 10.3. The number of imidazole rings is 1. The van der Waals surface area contributed by atoms with Gasteiger partial charge >= 0.3 is 0 Å². The van der Waals surface area contributed by atoms with Crippen molar-refractivity contribution in [2.45, 2.75) is 25.2 Å². The van der Waals surface area contributed by atoms with Gasteiger partial charge in [0, 0.05) is 11.9 Å². The van der Waals surface area contributed by atoms with Gasteiger partial charge in [-0.3, -0.25) is 0 Å². The summed E-state index contributed by atoms with van der Waals surface area (Å²) in [5.74, 6) is 1.54. The Morgan fingerprint density at radius 1 is 1.44 bits per heavy atom. The molecule has 94 valence electrons. The number of hydrogen-bond acceptors (Lipinski definition) is 2. The first-order valence-corrected chi connectivity index (χ1v) is 6.60. The molecule has 0 saturated carbocycles. The SMILES string of the molecule is COc1ccc2c(c1)CCC2Cc1c[nH]c(=S)[nH]1. The second-order valence-corrected chi connectivity index (χ2v) is 5.18. The van der Waals surface area contributed by atoms with E-state index >= 15 is 0 Å². The molecule has 4 heteroatoms. The summed E-state index contributed by atoms with van der Waals surface area (Å²) in [5, 5.41) is 0. The van der Waals surface area contributed by atoms with Crippen LogP contribution in [0.25, 0.3) is 0 Å². The highest BCUT2D eigenvalue weighted by atomic mass is 32.1. The molecule has 1 aromatic heterocycles. The maximum absolute atomic E-state index is 5.27. The second kappa shape index (κ2) is 4.61. The van der Waals surface area contributed by atoms with Gasteiger partial charge in [-0.05, 0) is 60.7 Å². The lowest BCUT2D eigenvalue weighted by atomic mass is 9.96. The van der Waals surface area contributed by atoms with Crippen molar-refractivity contribution >= 4 is 12.2 Å². The molecule has 0 saturated heterocycles. The molecule has 0 spiro atoms. The number of hydrogen-bond donors (Lipinski definition) is 2. The fraction of sp³-hybridized carbons (Fsp3) is 0.357. The third-order valence-electron chi connectivity index (χ3n) is 3.67. The average molecular weight is 260 g/mol. The third-order valence-corrected chi connectivity index (χ3v) is 3.89. The molecule has 1 heterocycles. The molecule has 1 unspecified atom stereocenters. The molecule has 1 aliphatic carbocycles. The smallest absolute Gasteiger partial charge is 0.174 e. The molecule has 1 aromatic carbocycles. The monoisotopic (exact) mass is 260 g/mol. The number of benzene rings is 1. The van der Waals surface area contributed by atoms with Crippen LogP contribution < -0.4 is 4.74 Å². The van der Waals surface area contributed by atoms with Crippen molar-refractivity contribution in [3.63, 3.8) is 0 Å². The van der Waals surface area contributed by atoms with Gasteiger partial charge in [0.2, 0.25) is 0 Å². The van der Waals surface area contributed by atoms with E-state index in [9.17, 15) is 0 Å². The first-order chi connectivity index (χ1) is 8.76. The summed E-state index contributed by atoms with van der Waals surface area (Å²) in [6, 6.07) is 6.41. The van der Waals surface area contributed by atoms with Crippen LogP contribution in [0.15, 0.2) is 24.4 Å². The summed E-state index contributed by atoms with van der Waals surface area (Å²) in [6.45, 7) is 0. The van der Waals surface area contributed by atoms with Crippen LogP contribution in [-0.2, 0) is 12.8 Å². The van der Waals surface area contributed by atoms with Crippen LogP contribution in [0.1, 0.15) is 29.2 Å². The summed E-state index contributed by atoms with van der Waals surface area (Å²) in [4.78, 5) is 6.21. The van der Waals surface area contributed by atoms with Gasteiger partial charge in [-0.2, -0.15) is 0 Å². The predicted octanol–water partition coefficient (Wildman–Crippen LogP) is 3.35. The first kappa shape index (κ1) is 11.5. The summed E-state index contributed by atoms with van der Waals surface area (Å²) in [5.41, 5.74) is 4.07.